The molecule has 0 aromatic heterocycles. The van der Waals surface area contributed by atoms with E-state index in [0.717, 1.165) is 19.7 Å². The maximum atomic E-state index is 5.91. The van der Waals surface area contributed by atoms with E-state index in [-0.39, 0.29) is 5.60 Å². The molecule has 0 aromatic rings. The Morgan fingerprint density at radius 3 is 2.69 bits per heavy atom. The molecule has 0 aromatic carbocycles. The normalized spacial score (nSPS) is 29.3. The van der Waals surface area contributed by atoms with E-state index in [0.29, 0.717) is 0 Å². The molecular weight excluding hydrogens is 164 g/mol. The van der Waals surface area contributed by atoms with Gasteiger partial charge in [0.2, 0.25) is 0 Å². The topological polar surface area (TPSA) is 24.5 Å². The van der Waals surface area contributed by atoms with E-state index >= 15 is 0 Å². The van der Waals surface area contributed by atoms with Crippen LogP contribution < -0.4 is 5.32 Å². The Labute approximate surface area is 80.4 Å². The Kier molecular flexibility index (Phi) is 2.86. The molecule has 0 aliphatic carbocycles. The standard InChI is InChI=1S/C10H20N2O/c1-2-12-6-3-10(4-7-12)9-11-5-8-13-10/h11H,2-9H2,1H3. The van der Waals surface area contributed by atoms with E-state index in [1.165, 1.54) is 32.5 Å². The molecule has 2 aliphatic rings. The third kappa shape index (κ3) is 2.03. The highest BCUT2D eigenvalue weighted by Crippen LogP contribution is 2.26. The number of likely N-dealkylation sites (tertiary alicyclic amines) is 1. The molecule has 76 valence electrons. The van der Waals surface area contributed by atoms with Crippen molar-refractivity contribution in [3.8, 4) is 0 Å². The summed E-state index contributed by atoms with van der Waals surface area (Å²) in [7, 11) is 0. The monoisotopic (exact) mass is 184 g/mol. The lowest BCUT2D eigenvalue weighted by molar-refractivity contribution is -0.0990. The SMILES string of the molecule is CCN1CCC2(CC1)CNCCO2. The van der Waals surface area contributed by atoms with Crippen LogP contribution in [0.5, 0.6) is 0 Å². The first-order valence-corrected chi connectivity index (χ1v) is 5.42. The van der Waals surface area contributed by atoms with Gasteiger partial charge >= 0.3 is 0 Å². The average molecular weight is 184 g/mol. The van der Waals surface area contributed by atoms with Crippen LogP contribution in [-0.4, -0.2) is 49.8 Å². The van der Waals surface area contributed by atoms with Gasteiger partial charge in [0.05, 0.1) is 12.2 Å². The van der Waals surface area contributed by atoms with Crippen molar-refractivity contribution in [3.05, 3.63) is 0 Å². The summed E-state index contributed by atoms with van der Waals surface area (Å²) >= 11 is 0. The highest BCUT2D eigenvalue weighted by molar-refractivity contribution is 4.91. The fraction of sp³-hybridized carbons (Fsp3) is 1.00. The van der Waals surface area contributed by atoms with Crippen molar-refractivity contribution in [2.24, 2.45) is 0 Å². The Bertz CT molecular complexity index is 156. The molecule has 2 heterocycles. The number of nitrogens with one attached hydrogen (secondary N) is 1. The Morgan fingerprint density at radius 2 is 2.15 bits per heavy atom. The molecule has 3 heteroatoms. The maximum Gasteiger partial charge on any atom is 0.0831 e. The van der Waals surface area contributed by atoms with Gasteiger partial charge in [0.1, 0.15) is 0 Å². The van der Waals surface area contributed by atoms with E-state index in [4.69, 9.17) is 4.74 Å². The van der Waals surface area contributed by atoms with E-state index < -0.39 is 0 Å². The molecule has 2 rings (SSSR count). The second-order valence-electron chi connectivity index (χ2n) is 4.14. The molecule has 3 nitrogen and oxygen atoms in total. The summed E-state index contributed by atoms with van der Waals surface area (Å²) in [4.78, 5) is 2.50. The molecule has 0 saturated carbocycles. The second-order valence-corrected chi connectivity index (χ2v) is 4.14. The van der Waals surface area contributed by atoms with Gasteiger partial charge in [0.25, 0.3) is 0 Å². The lowest BCUT2D eigenvalue weighted by atomic mass is 9.90. The predicted molar refractivity (Wildman–Crippen MR) is 52.9 cm³/mol. The molecule has 1 spiro atoms. The van der Waals surface area contributed by atoms with Gasteiger partial charge in [-0.2, -0.15) is 0 Å². The predicted octanol–water partition coefficient (Wildman–Crippen LogP) is 0.461. The Hall–Kier alpha value is -0.120. The minimum absolute atomic E-state index is 0.184. The number of ether oxygens (including phenoxy) is 1. The fourth-order valence-corrected chi connectivity index (χ4v) is 2.30. The van der Waals surface area contributed by atoms with Gasteiger partial charge in [-0.3, -0.25) is 0 Å². The highest BCUT2D eigenvalue weighted by atomic mass is 16.5. The minimum atomic E-state index is 0.184. The minimum Gasteiger partial charge on any atom is -0.372 e. The van der Waals surface area contributed by atoms with Gasteiger partial charge in [0, 0.05) is 26.2 Å². The summed E-state index contributed by atoms with van der Waals surface area (Å²) in [6.07, 6.45) is 2.40. The first-order chi connectivity index (χ1) is 6.35. The average Bonchev–Trinajstić information content (AvgIpc) is 2.20. The van der Waals surface area contributed by atoms with Crippen LogP contribution in [0, 0.1) is 0 Å². The van der Waals surface area contributed by atoms with E-state index in [9.17, 15) is 0 Å². The number of hydrogen-bond donors (Lipinski definition) is 1. The molecule has 2 saturated heterocycles. The Morgan fingerprint density at radius 1 is 1.38 bits per heavy atom. The molecule has 0 unspecified atom stereocenters. The molecule has 0 atom stereocenters. The number of rotatable bonds is 1. The van der Waals surface area contributed by atoms with Gasteiger partial charge in [-0.1, -0.05) is 6.92 Å². The van der Waals surface area contributed by atoms with Crippen molar-refractivity contribution in [2.45, 2.75) is 25.4 Å². The van der Waals surface area contributed by atoms with Gasteiger partial charge in [-0.15, -0.1) is 0 Å². The molecule has 2 fully saturated rings. The zero-order chi connectivity index (χ0) is 9.15. The van der Waals surface area contributed by atoms with E-state index in [1.54, 1.807) is 0 Å². The van der Waals surface area contributed by atoms with Crippen LogP contribution in [-0.2, 0) is 4.74 Å². The fourth-order valence-electron chi connectivity index (χ4n) is 2.30. The second kappa shape index (κ2) is 3.95. The number of morpholine rings is 1. The summed E-state index contributed by atoms with van der Waals surface area (Å²) in [6.45, 7) is 8.81. The lowest BCUT2D eigenvalue weighted by Gasteiger charge is -2.43. The van der Waals surface area contributed by atoms with Crippen LogP contribution >= 0.6 is 0 Å². The van der Waals surface area contributed by atoms with Crippen molar-refractivity contribution >= 4 is 0 Å². The van der Waals surface area contributed by atoms with Crippen LogP contribution in [0.4, 0.5) is 0 Å². The number of nitrogens with zero attached hydrogens (tertiary/aromatic N) is 1. The molecule has 0 radical (unpaired) electrons. The first kappa shape index (κ1) is 9.44. The van der Waals surface area contributed by atoms with Crippen LogP contribution in [0.1, 0.15) is 19.8 Å². The van der Waals surface area contributed by atoms with Crippen molar-refractivity contribution in [1.29, 1.82) is 0 Å². The summed E-state index contributed by atoms with van der Waals surface area (Å²) in [6, 6.07) is 0. The molecule has 1 N–H and O–H groups in total. The third-order valence-electron chi connectivity index (χ3n) is 3.35. The van der Waals surface area contributed by atoms with Gasteiger partial charge in [-0.05, 0) is 19.4 Å². The number of hydrogen-bond acceptors (Lipinski definition) is 3. The molecular formula is C10H20N2O. The van der Waals surface area contributed by atoms with Crippen molar-refractivity contribution in [3.63, 3.8) is 0 Å². The summed E-state index contributed by atoms with van der Waals surface area (Å²) in [5, 5.41) is 3.43. The largest absolute Gasteiger partial charge is 0.372 e. The smallest absolute Gasteiger partial charge is 0.0831 e. The third-order valence-corrected chi connectivity index (χ3v) is 3.35. The quantitative estimate of drug-likeness (QED) is 0.641. The Balaban J connectivity index is 1.87. The van der Waals surface area contributed by atoms with Gasteiger partial charge in [-0.25, -0.2) is 0 Å². The maximum absolute atomic E-state index is 5.91. The van der Waals surface area contributed by atoms with Gasteiger partial charge in [0.15, 0.2) is 0 Å². The zero-order valence-corrected chi connectivity index (χ0v) is 8.51. The van der Waals surface area contributed by atoms with Gasteiger partial charge < -0.3 is 15.0 Å². The van der Waals surface area contributed by atoms with Crippen LogP contribution in [0.3, 0.4) is 0 Å². The van der Waals surface area contributed by atoms with Crippen LogP contribution in [0.25, 0.3) is 0 Å². The van der Waals surface area contributed by atoms with Crippen LogP contribution in [0.15, 0.2) is 0 Å². The molecule has 0 amide bonds. The van der Waals surface area contributed by atoms with E-state index in [1.807, 2.05) is 0 Å². The highest BCUT2D eigenvalue weighted by Gasteiger charge is 2.36. The number of piperidine rings is 1. The van der Waals surface area contributed by atoms with Crippen molar-refractivity contribution in [1.82, 2.24) is 10.2 Å². The molecule has 2 aliphatic heterocycles. The molecule has 13 heavy (non-hydrogen) atoms. The van der Waals surface area contributed by atoms with Crippen molar-refractivity contribution < 1.29 is 4.74 Å². The first-order valence-electron chi connectivity index (χ1n) is 5.42. The summed E-state index contributed by atoms with van der Waals surface area (Å²) < 4.78 is 5.91. The zero-order valence-electron chi connectivity index (χ0n) is 8.51. The van der Waals surface area contributed by atoms with E-state index in [2.05, 4.69) is 17.1 Å². The lowest BCUT2D eigenvalue weighted by Crippen LogP contribution is -2.55. The summed E-state index contributed by atoms with van der Waals surface area (Å²) in [5.74, 6) is 0. The van der Waals surface area contributed by atoms with Crippen LogP contribution in [0.2, 0.25) is 0 Å². The molecule has 0 bridgehead atoms. The van der Waals surface area contributed by atoms with Crippen molar-refractivity contribution in [2.75, 3.05) is 39.3 Å². The summed E-state index contributed by atoms with van der Waals surface area (Å²) in [5.41, 5.74) is 0.184.